The molecule has 392 valence electrons. The van der Waals surface area contributed by atoms with Gasteiger partial charge in [-0.2, -0.15) is 11.8 Å². The monoisotopic (exact) mass is 983 g/mol. The van der Waals surface area contributed by atoms with E-state index >= 15 is 0 Å². The van der Waals surface area contributed by atoms with Crippen LogP contribution in [0.3, 0.4) is 0 Å². The van der Waals surface area contributed by atoms with Crippen LogP contribution in [0.1, 0.15) is 131 Å². The van der Waals surface area contributed by atoms with Gasteiger partial charge in [-0.3, -0.25) is 9.59 Å². The predicted octanol–water partition coefficient (Wildman–Crippen LogP) is 7.13. The zero-order valence-corrected chi connectivity index (χ0v) is 43.3. The van der Waals surface area contributed by atoms with E-state index in [1.165, 1.54) is 44.9 Å². The molecule has 2 saturated heterocycles. The second kappa shape index (κ2) is 27.3. The van der Waals surface area contributed by atoms with Crippen LogP contribution in [0, 0.1) is 46.3 Å². The van der Waals surface area contributed by atoms with Crippen LogP contribution in [-0.2, 0) is 52.2 Å². The maximum atomic E-state index is 12.6. The molecule has 0 radical (unpaired) electrons. The summed E-state index contributed by atoms with van der Waals surface area (Å²) >= 11 is 1.89. The molecule has 0 aromatic carbocycles. The highest BCUT2D eigenvalue weighted by Crippen LogP contribution is 2.68. The van der Waals surface area contributed by atoms with Gasteiger partial charge in [-0.1, -0.05) is 27.2 Å². The van der Waals surface area contributed by atoms with E-state index in [0.29, 0.717) is 139 Å². The summed E-state index contributed by atoms with van der Waals surface area (Å²) in [4.78, 5) is 36.6. The van der Waals surface area contributed by atoms with E-state index in [2.05, 4.69) is 45.3 Å². The Kier molecular flexibility index (Phi) is 22.3. The topological polar surface area (TPSA) is 179 Å². The Hall–Kier alpha value is -1.76. The fourth-order valence-electron chi connectivity index (χ4n) is 13.6. The molecule has 0 aromatic rings. The molecule has 2 heterocycles. The Labute approximate surface area is 412 Å². The largest absolute Gasteiger partial charge is 0.463 e. The molecule has 15 nitrogen and oxygen atoms in total. The quantitative estimate of drug-likeness (QED) is 0.0344. The average Bonchev–Trinajstić information content (AvgIpc) is 3.87. The number of aliphatic hydroxyl groups is 1. The molecular weight excluding hydrogens is 893 g/mol. The molecule has 12 atom stereocenters. The van der Waals surface area contributed by atoms with E-state index in [-0.39, 0.29) is 48.4 Å². The van der Waals surface area contributed by atoms with Gasteiger partial charge in [0.2, 0.25) is 0 Å². The molecule has 6 aliphatic rings. The number of aliphatic hydroxyl groups excluding tert-OH is 1. The highest BCUT2D eigenvalue weighted by atomic mass is 32.2. The average molecular weight is 983 g/mol. The third-order valence-electron chi connectivity index (χ3n) is 17.6. The molecule has 16 heteroatoms. The summed E-state index contributed by atoms with van der Waals surface area (Å²) < 4.78 is 49.7. The normalized spacial score (nSPS) is 34.3. The standard InChI is InChI=1S/C52H90N2O13S/c1-38(42-13-14-43-41-12-11-39-36-40(55)16-18-49(39,2)44(41)17-19-50(42,43)3)10-15-47(57)67-35-33-65-31-29-63-27-25-61-23-21-59-20-22-60-24-26-62-28-30-64-32-34-66-46(56)9-7-6-8-45-52(5)51(4,37-68-45)53-48(58)54-52/h38-45,55H,6-37H2,1-5H3,(H2,53,54,58)/t38-,39-,40-,41+,42-,43+,44+,45+,49+,50-,51+,52-/m1/s1. The zero-order chi connectivity index (χ0) is 48.5. The van der Waals surface area contributed by atoms with E-state index in [0.717, 1.165) is 62.0 Å². The number of urea groups is 1. The van der Waals surface area contributed by atoms with Crippen molar-refractivity contribution >= 4 is 29.7 Å². The molecule has 68 heavy (non-hydrogen) atoms. The molecule has 0 aromatic heterocycles. The molecule has 4 saturated carbocycles. The molecule has 2 amide bonds. The smallest absolute Gasteiger partial charge is 0.315 e. The number of carbonyl (C=O) groups excluding carboxylic acids is 3. The van der Waals surface area contributed by atoms with Crippen molar-refractivity contribution in [1.82, 2.24) is 10.6 Å². The number of amides is 2. The number of unbranched alkanes of at least 4 members (excludes halogenated alkanes) is 1. The second-order valence-corrected chi connectivity index (χ2v) is 22.9. The highest BCUT2D eigenvalue weighted by molar-refractivity contribution is 8.00. The molecular formula is C52H90N2O13S. The minimum absolute atomic E-state index is 0.0852. The first-order valence-corrected chi connectivity index (χ1v) is 27.6. The van der Waals surface area contributed by atoms with Crippen molar-refractivity contribution in [3.05, 3.63) is 0 Å². The van der Waals surface area contributed by atoms with E-state index in [9.17, 15) is 19.5 Å². The number of nitrogens with one attached hydrogen (secondary N) is 2. The molecule has 4 aliphatic carbocycles. The van der Waals surface area contributed by atoms with E-state index in [1.54, 1.807) is 0 Å². The molecule has 3 N–H and O–H groups in total. The number of esters is 2. The first kappa shape index (κ1) is 55.6. The minimum atomic E-state index is -0.268. The number of fused-ring (bicyclic) bond motifs is 6. The summed E-state index contributed by atoms with van der Waals surface area (Å²) in [6.45, 7) is 18.4. The van der Waals surface area contributed by atoms with Crippen LogP contribution in [0.5, 0.6) is 0 Å². The van der Waals surface area contributed by atoms with Crippen molar-refractivity contribution in [2.75, 3.05) is 111 Å². The van der Waals surface area contributed by atoms with Gasteiger partial charge in [-0.25, -0.2) is 4.79 Å². The molecule has 6 rings (SSSR count). The zero-order valence-electron chi connectivity index (χ0n) is 42.5. The van der Waals surface area contributed by atoms with Crippen molar-refractivity contribution in [3.63, 3.8) is 0 Å². The Balaban J connectivity index is 0.634. The summed E-state index contributed by atoms with van der Waals surface area (Å²) in [6, 6.07) is -0.0937. The summed E-state index contributed by atoms with van der Waals surface area (Å²) in [5.41, 5.74) is 0.299. The number of rotatable bonds is 33. The van der Waals surface area contributed by atoms with Crippen LogP contribution in [0.15, 0.2) is 0 Å². The first-order valence-electron chi connectivity index (χ1n) is 26.5. The van der Waals surface area contributed by atoms with Crippen LogP contribution in [0.4, 0.5) is 4.79 Å². The number of hydrogen-bond donors (Lipinski definition) is 3. The molecule has 0 unspecified atom stereocenters. The predicted molar refractivity (Wildman–Crippen MR) is 260 cm³/mol. The first-order chi connectivity index (χ1) is 32.8. The lowest BCUT2D eigenvalue weighted by Gasteiger charge is -2.61. The SMILES string of the molecule is C[C@H](CCC(=O)OCCOCCOCCOCCOCCOCCOCCOCCOC(=O)CCCC[C@@H]1SC[C@]2(C)NC(=O)N[C@]12C)[C@H]1CC[C@H]2[C@@H]3CC[C@@H]4C[C@H](O)CC[C@]4(C)[C@H]3CC[C@]12C. The third-order valence-corrected chi connectivity index (χ3v) is 19.5. The van der Waals surface area contributed by atoms with Crippen LogP contribution in [-0.4, -0.2) is 157 Å². The molecule has 6 fully saturated rings. The van der Waals surface area contributed by atoms with Gasteiger partial charge in [0, 0.05) is 23.8 Å². The number of thioether (sulfide) groups is 1. The van der Waals surface area contributed by atoms with Gasteiger partial charge in [0.25, 0.3) is 0 Å². The summed E-state index contributed by atoms with van der Waals surface area (Å²) in [7, 11) is 0. The number of carbonyl (C=O) groups is 3. The Morgan fingerprint density at radius 2 is 1.15 bits per heavy atom. The van der Waals surface area contributed by atoms with Crippen molar-refractivity contribution in [3.8, 4) is 0 Å². The van der Waals surface area contributed by atoms with E-state index < -0.39 is 0 Å². The lowest BCUT2D eigenvalue weighted by molar-refractivity contribution is -0.146. The van der Waals surface area contributed by atoms with Gasteiger partial charge in [0.05, 0.1) is 110 Å². The number of ether oxygens (including phenoxy) is 9. The lowest BCUT2D eigenvalue weighted by Crippen LogP contribution is -2.58. The van der Waals surface area contributed by atoms with Gasteiger partial charge in [0.1, 0.15) is 13.2 Å². The fraction of sp³-hybridized carbons (Fsp3) is 0.942. The van der Waals surface area contributed by atoms with Gasteiger partial charge in [-0.05, 0) is 137 Å². The van der Waals surface area contributed by atoms with Gasteiger partial charge >= 0.3 is 18.0 Å². The van der Waals surface area contributed by atoms with Gasteiger partial charge < -0.3 is 58.4 Å². The Morgan fingerprint density at radius 3 is 1.72 bits per heavy atom. The maximum absolute atomic E-state index is 12.6. The van der Waals surface area contributed by atoms with Crippen molar-refractivity contribution < 1.29 is 62.1 Å². The summed E-state index contributed by atoms with van der Waals surface area (Å²) in [5.74, 6) is 4.91. The molecule has 2 aliphatic heterocycles. The highest BCUT2D eigenvalue weighted by Gasteiger charge is 2.62. The van der Waals surface area contributed by atoms with Gasteiger partial charge in [-0.15, -0.1) is 0 Å². The molecule has 0 spiro atoms. The fourth-order valence-corrected chi connectivity index (χ4v) is 15.5. The van der Waals surface area contributed by atoms with Crippen molar-refractivity contribution in [2.24, 2.45) is 46.3 Å². The van der Waals surface area contributed by atoms with Crippen molar-refractivity contribution in [2.45, 2.75) is 153 Å². The maximum Gasteiger partial charge on any atom is 0.315 e. The van der Waals surface area contributed by atoms with Crippen LogP contribution < -0.4 is 10.6 Å². The van der Waals surface area contributed by atoms with E-state index in [4.69, 9.17) is 42.6 Å². The molecule has 0 bridgehead atoms. The van der Waals surface area contributed by atoms with Crippen LogP contribution in [0.2, 0.25) is 0 Å². The third kappa shape index (κ3) is 14.9. The summed E-state index contributed by atoms with van der Waals surface area (Å²) in [6.07, 6.45) is 15.4. The summed E-state index contributed by atoms with van der Waals surface area (Å²) in [5, 5.41) is 16.9. The lowest BCUT2D eigenvalue weighted by atomic mass is 9.44. The van der Waals surface area contributed by atoms with Gasteiger partial charge in [0.15, 0.2) is 0 Å². The van der Waals surface area contributed by atoms with E-state index in [1.807, 2.05) is 11.8 Å². The Bertz CT molecular complexity index is 1550. The second-order valence-electron chi connectivity index (χ2n) is 21.7. The number of hydrogen-bond acceptors (Lipinski definition) is 14. The minimum Gasteiger partial charge on any atom is -0.463 e. The van der Waals surface area contributed by atoms with Crippen LogP contribution >= 0.6 is 11.8 Å². The Morgan fingerprint density at radius 1 is 0.632 bits per heavy atom. The van der Waals surface area contributed by atoms with Crippen LogP contribution in [0.25, 0.3) is 0 Å². The van der Waals surface area contributed by atoms with Crippen molar-refractivity contribution in [1.29, 1.82) is 0 Å².